The lowest BCUT2D eigenvalue weighted by Crippen LogP contribution is -2.36. The number of hydrogen-bond donors (Lipinski definition) is 2. The Hall–Kier alpha value is -1.33. The highest BCUT2D eigenvalue weighted by Gasteiger charge is 2.38. The summed E-state index contributed by atoms with van der Waals surface area (Å²) in [6.45, 7) is 6.06. The van der Waals surface area contributed by atoms with E-state index in [2.05, 4.69) is 10.6 Å². The highest BCUT2D eigenvalue weighted by Crippen LogP contribution is 2.23. The maximum Gasteiger partial charge on any atom is 0.407 e. The highest BCUT2D eigenvalue weighted by atomic mass is 35.5. The summed E-state index contributed by atoms with van der Waals surface area (Å²) in [5.74, 6) is -0.420. The number of nitrogens with one attached hydrogen (secondary N) is 2. The standard InChI is InChI=1S/C15H20ClFN2O2/c1-15(2,3)21-14(20)19-13-7-12(13)18-8-9-4-5-11(17)10(16)6-9/h4-6,12-13,18H,7-8H2,1-3H3,(H,19,20). The van der Waals surface area contributed by atoms with Crippen molar-refractivity contribution in [2.75, 3.05) is 0 Å². The lowest BCUT2D eigenvalue weighted by molar-refractivity contribution is 0.0522. The zero-order valence-electron chi connectivity index (χ0n) is 12.4. The van der Waals surface area contributed by atoms with E-state index in [9.17, 15) is 9.18 Å². The number of carbonyl (C=O) groups excluding carboxylic acids is 1. The fourth-order valence-electron chi connectivity index (χ4n) is 1.94. The van der Waals surface area contributed by atoms with Crippen LogP contribution in [-0.4, -0.2) is 23.8 Å². The van der Waals surface area contributed by atoms with Crippen molar-refractivity contribution in [2.24, 2.45) is 0 Å². The third-order valence-electron chi connectivity index (χ3n) is 3.04. The molecule has 2 N–H and O–H groups in total. The molecule has 1 aromatic rings. The molecule has 1 amide bonds. The first kappa shape index (κ1) is 16.0. The quantitative estimate of drug-likeness (QED) is 0.897. The molecular weight excluding hydrogens is 295 g/mol. The fourth-order valence-corrected chi connectivity index (χ4v) is 2.14. The van der Waals surface area contributed by atoms with E-state index >= 15 is 0 Å². The Bertz CT molecular complexity index is 531. The van der Waals surface area contributed by atoms with Gasteiger partial charge in [-0.05, 0) is 44.9 Å². The molecule has 4 nitrogen and oxygen atoms in total. The molecule has 0 radical (unpaired) electrons. The van der Waals surface area contributed by atoms with Gasteiger partial charge < -0.3 is 15.4 Å². The van der Waals surface area contributed by atoms with Gasteiger partial charge in [0.25, 0.3) is 0 Å². The van der Waals surface area contributed by atoms with E-state index in [1.807, 2.05) is 20.8 Å². The maximum absolute atomic E-state index is 13.0. The van der Waals surface area contributed by atoms with Gasteiger partial charge in [0, 0.05) is 18.6 Å². The largest absolute Gasteiger partial charge is 0.444 e. The third-order valence-corrected chi connectivity index (χ3v) is 3.33. The number of amides is 1. The minimum absolute atomic E-state index is 0.0794. The molecule has 0 saturated heterocycles. The third kappa shape index (κ3) is 5.17. The van der Waals surface area contributed by atoms with Crippen LogP contribution in [0.15, 0.2) is 18.2 Å². The number of ether oxygens (including phenoxy) is 1. The van der Waals surface area contributed by atoms with Crippen LogP contribution in [-0.2, 0) is 11.3 Å². The van der Waals surface area contributed by atoms with Crippen LogP contribution >= 0.6 is 11.6 Å². The average Bonchev–Trinajstić information content (AvgIpc) is 3.06. The van der Waals surface area contributed by atoms with Crippen molar-refractivity contribution in [2.45, 2.75) is 51.4 Å². The lowest BCUT2D eigenvalue weighted by Gasteiger charge is -2.19. The molecular formula is C15H20ClFN2O2. The van der Waals surface area contributed by atoms with Gasteiger partial charge in [0.1, 0.15) is 11.4 Å². The molecule has 0 aromatic heterocycles. The molecule has 1 aromatic carbocycles. The van der Waals surface area contributed by atoms with Gasteiger partial charge in [-0.2, -0.15) is 0 Å². The van der Waals surface area contributed by atoms with Crippen LogP contribution < -0.4 is 10.6 Å². The van der Waals surface area contributed by atoms with Crippen molar-refractivity contribution >= 4 is 17.7 Å². The molecule has 1 fully saturated rings. The molecule has 2 atom stereocenters. The van der Waals surface area contributed by atoms with Crippen LogP contribution in [0.2, 0.25) is 5.02 Å². The van der Waals surface area contributed by atoms with E-state index in [-0.39, 0.29) is 17.1 Å². The van der Waals surface area contributed by atoms with Crippen LogP contribution in [0.25, 0.3) is 0 Å². The van der Waals surface area contributed by atoms with Gasteiger partial charge in [-0.3, -0.25) is 0 Å². The number of rotatable bonds is 4. The second kappa shape index (κ2) is 6.20. The van der Waals surface area contributed by atoms with Gasteiger partial charge in [0.2, 0.25) is 0 Å². The number of alkyl carbamates (subject to hydrolysis) is 1. The predicted octanol–water partition coefficient (Wildman–Crippen LogP) is 3.23. The Labute approximate surface area is 129 Å². The first-order valence-electron chi connectivity index (χ1n) is 6.91. The van der Waals surface area contributed by atoms with Gasteiger partial charge in [-0.1, -0.05) is 17.7 Å². The summed E-state index contributed by atoms with van der Waals surface area (Å²) in [7, 11) is 0. The lowest BCUT2D eigenvalue weighted by atomic mass is 10.2. The molecule has 0 heterocycles. The van der Waals surface area contributed by atoms with Gasteiger partial charge in [0.15, 0.2) is 0 Å². The summed E-state index contributed by atoms with van der Waals surface area (Å²) in [5, 5.41) is 6.21. The monoisotopic (exact) mass is 314 g/mol. The molecule has 2 unspecified atom stereocenters. The number of halogens is 2. The molecule has 1 aliphatic rings. The van der Waals surface area contributed by atoms with Crippen molar-refractivity contribution in [3.05, 3.63) is 34.6 Å². The summed E-state index contributed by atoms with van der Waals surface area (Å²) in [6, 6.07) is 4.93. The first-order valence-corrected chi connectivity index (χ1v) is 7.29. The molecule has 0 bridgehead atoms. The van der Waals surface area contributed by atoms with Crippen molar-refractivity contribution in [1.82, 2.24) is 10.6 Å². The molecule has 21 heavy (non-hydrogen) atoms. The van der Waals surface area contributed by atoms with Crippen LogP contribution in [0, 0.1) is 5.82 Å². The average molecular weight is 315 g/mol. The minimum Gasteiger partial charge on any atom is -0.444 e. The Kier molecular flexibility index (Phi) is 4.74. The Morgan fingerprint density at radius 3 is 2.76 bits per heavy atom. The summed E-state index contributed by atoms with van der Waals surface area (Å²) >= 11 is 5.73. The van der Waals surface area contributed by atoms with E-state index in [1.165, 1.54) is 6.07 Å². The number of hydrogen-bond acceptors (Lipinski definition) is 3. The summed E-state index contributed by atoms with van der Waals surface area (Å²) in [5.41, 5.74) is 0.413. The van der Waals surface area contributed by atoms with Crippen molar-refractivity contribution in [1.29, 1.82) is 0 Å². The number of carbonyl (C=O) groups is 1. The van der Waals surface area contributed by atoms with Crippen LogP contribution in [0.5, 0.6) is 0 Å². The molecule has 1 aliphatic carbocycles. The van der Waals surface area contributed by atoms with Gasteiger partial charge in [0.05, 0.1) is 5.02 Å². The normalized spacial score (nSPS) is 21.0. The fraction of sp³-hybridized carbons (Fsp3) is 0.533. The second-order valence-corrected chi connectivity index (χ2v) is 6.63. The molecule has 2 rings (SSSR count). The zero-order valence-corrected chi connectivity index (χ0v) is 13.1. The smallest absolute Gasteiger partial charge is 0.407 e. The second-order valence-electron chi connectivity index (χ2n) is 6.22. The maximum atomic E-state index is 13.0. The minimum atomic E-state index is -0.493. The summed E-state index contributed by atoms with van der Waals surface area (Å²) in [6.07, 6.45) is 0.454. The van der Waals surface area contributed by atoms with Crippen molar-refractivity contribution in [3.8, 4) is 0 Å². The van der Waals surface area contributed by atoms with Crippen molar-refractivity contribution in [3.63, 3.8) is 0 Å². The summed E-state index contributed by atoms with van der Waals surface area (Å²) in [4.78, 5) is 11.6. The zero-order chi connectivity index (χ0) is 15.6. The Morgan fingerprint density at radius 1 is 1.43 bits per heavy atom. The molecule has 1 saturated carbocycles. The Morgan fingerprint density at radius 2 is 2.14 bits per heavy atom. The van der Waals surface area contributed by atoms with E-state index in [4.69, 9.17) is 16.3 Å². The molecule has 6 heteroatoms. The van der Waals surface area contributed by atoms with Crippen LogP contribution in [0.1, 0.15) is 32.8 Å². The Balaban J connectivity index is 1.72. The molecule has 116 valence electrons. The SMILES string of the molecule is CC(C)(C)OC(=O)NC1CC1NCc1ccc(F)c(Cl)c1. The summed E-state index contributed by atoms with van der Waals surface area (Å²) < 4.78 is 18.2. The van der Waals surface area contributed by atoms with Gasteiger partial charge >= 0.3 is 6.09 Å². The van der Waals surface area contributed by atoms with Gasteiger partial charge in [-0.25, -0.2) is 9.18 Å². The van der Waals surface area contributed by atoms with Crippen molar-refractivity contribution < 1.29 is 13.9 Å². The van der Waals surface area contributed by atoms with E-state index in [0.717, 1.165) is 12.0 Å². The van der Waals surface area contributed by atoms with Crippen LogP contribution in [0.3, 0.4) is 0 Å². The van der Waals surface area contributed by atoms with E-state index in [1.54, 1.807) is 12.1 Å². The topological polar surface area (TPSA) is 50.4 Å². The van der Waals surface area contributed by atoms with E-state index < -0.39 is 17.5 Å². The van der Waals surface area contributed by atoms with Gasteiger partial charge in [-0.15, -0.1) is 0 Å². The first-order chi connectivity index (χ1) is 9.74. The highest BCUT2D eigenvalue weighted by molar-refractivity contribution is 6.30. The molecule has 0 aliphatic heterocycles. The van der Waals surface area contributed by atoms with Crippen LogP contribution in [0.4, 0.5) is 9.18 Å². The van der Waals surface area contributed by atoms with E-state index in [0.29, 0.717) is 6.54 Å². The molecule has 0 spiro atoms. The number of benzene rings is 1. The predicted molar refractivity (Wildman–Crippen MR) is 79.8 cm³/mol.